The van der Waals surface area contributed by atoms with Crippen LogP contribution in [0.1, 0.15) is 18.4 Å². The Labute approximate surface area is 163 Å². The van der Waals surface area contributed by atoms with E-state index in [9.17, 15) is 5.11 Å². The van der Waals surface area contributed by atoms with E-state index in [0.717, 1.165) is 35.5 Å². The molecule has 4 N–H and O–H groups in total. The maximum atomic E-state index is 10.7. The highest BCUT2D eigenvalue weighted by Crippen LogP contribution is 2.30. The van der Waals surface area contributed by atoms with Crippen molar-refractivity contribution >= 4 is 28.5 Å². The van der Waals surface area contributed by atoms with Gasteiger partial charge in [0.1, 0.15) is 11.6 Å². The zero-order valence-electron chi connectivity index (χ0n) is 15.6. The van der Waals surface area contributed by atoms with Crippen LogP contribution in [0, 0.1) is 5.92 Å². The Morgan fingerprint density at radius 2 is 2.00 bits per heavy atom. The van der Waals surface area contributed by atoms with Gasteiger partial charge in [0, 0.05) is 42.7 Å². The van der Waals surface area contributed by atoms with E-state index >= 15 is 0 Å². The number of hydrogen-bond acceptors (Lipinski definition) is 7. The third-order valence-electron chi connectivity index (χ3n) is 5.61. The van der Waals surface area contributed by atoms with Crippen LogP contribution in [-0.4, -0.2) is 45.3 Å². The van der Waals surface area contributed by atoms with Crippen molar-refractivity contribution in [1.82, 2.24) is 15.0 Å². The maximum Gasteiger partial charge on any atom is 0.223 e. The van der Waals surface area contributed by atoms with Gasteiger partial charge >= 0.3 is 0 Å². The Morgan fingerprint density at radius 1 is 1.14 bits per heavy atom. The molecule has 0 spiro atoms. The van der Waals surface area contributed by atoms with Gasteiger partial charge in [0.15, 0.2) is 0 Å². The van der Waals surface area contributed by atoms with Gasteiger partial charge in [-0.25, -0.2) is 0 Å². The van der Waals surface area contributed by atoms with Crippen LogP contribution in [0.2, 0.25) is 0 Å². The lowest BCUT2D eigenvalue weighted by molar-refractivity contribution is 0.148. The maximum absolute atomic E-state index is 10.7. The Hall–Kier alpha value is -2.93. The molecular formula is C21H24N6O. The molecule has 3 heterocycles. The fourth-order valence-electron chi connectivity index (χ4n) is 3.98. The third kappa shape index (κ3) is 3.45. The number of aliphatic hydroxyl groups is 1. The summed E-state index contributed by atoms with van der Waals surface area (Å²) in [6.45, 7) is 1.28. The number of fused-ring (bicyclic) bond motifs is 1. The van der Waals surface area contributed by atoms with E-state index in [1.807, 2.05) is 30.5 Å². The molecule has 2 fully saturated rings. The van der Waals surface area contributed by atoms with Crippen molar-refractivity contribution < 1.29 is 5.11 Å². The molecule has 0 bridgehead atoms. The molecule has 0 amide bonds. The van der Waals surface area contributed by atoms with Crippen LogP contribution in [-0.2, 0) is 6.42 Å². The lowest BCUT2D eigenvalue weighted by Crippen LogP contribution is -2.23. The van der Waals surface area contributed by atoms with Gasteiger partial charge in [-0.15, -0.1) is 0 Å². The number of anilines is 3. The van der Waals surface area contributed by atoms with Crippen molar-refractivity contribution in [3.8, 4) is 0 Å². The van der Waals surface area contributed by atoms with Crippen LogP contribution in [0.15, 0.2) is 42.6 Å². The number of nitrogens with zero attached hydrogens (tertiary/aromatic N) is 4. The quantitative estimate of drug-likeness (QED) is 0.628. The molecule has 2 aliphatic rings. The van der Waals surface area contributed by atoms with Gasteiger partial charge in [-0.3, -0.25) is 4.98 Å². The Bertz CT molecular complexity index is 1000. The number of rotatable bonds is 5. The molecule has 1 saturated carbocycles. The van der Waals surface area contributed by atoms with Gasteiger partial charge in [-0.05, 0) is 37.0 Å². The molecule has 3 aromatic rings. The number of nitrogens with two attached hydrogens (primary N) is 1. The van der Waals surface area contributed by atoms with Crippen molar-refractivity contribution in [2.75, 3.05) is 29.0 Å². The topological polar surface area (TPSA) is 100 Å². The lowest BCUT2D eigenvalue weighted by atomic mass is 9.94. The van der Waals surface area contributed by atoms with Gasteiger partial charge < -0.3 is 21.1 Å². The fraction of sp³-hybridized carbons (Fsp3) is 0.381. The van der Waals surface area contributed by atoms with E-state index in [-0.39, 0.29) is 11.9 Å². The van der Waals surface area contributed by atoms with E-state index in [0.29, 0.717) is 12.6 Å². The zero-order chi connectivity index (χ0) is 19.1. The molecule has 2 atom stereocenters. The summed E-state index contributed by atoms with van der Waals surface area (Å²) in [7, 11) is 0. The van der Waals surface area contributed by atoms with Crippen molar-refractivity contribution in [2.24, 2.45) is 5.92 Å². The number of para-hydroxylation sites is 1. The second-order valence-corrected chi connectivity index (χ2v) is 7.81. The number of pyridine rings is 1. The Kier molecular flexibility index (Phi) is 4.24. The molecule has 0 radical (unpaired) electrons. The molecule has 1 saturated heterocycles. The molecule has 7 heteroatoms. The molecule has 2 unspecified atom stereocenters. The molecular weight excluding hydrogens is 352 g/mol. The van der Waals surface area contributed by atoms with Gasteiger partial charge in [0.05, 0.1) is 11.6 Å². The van der Waals surface area contributed by atoms with Crippen LogP contribution in [0.25, 0.3) is 10.9 Å². The summed E-state index contributed by atoms with van der Waals surface area (Å²) < 4.78 is 0. The minimum atomic E-state index is -0.414. The van der Waals surface area contributed by atoms with Gasteiger partial charge in [0.25, 0.3) is 0 Å². The summed E-state index contributed by atoms with van der Waals surface area (Å²) in [4.78, 5) is 15.2. The van der Waals surface area contributed by atoms with Crippen LogP contribution >= 0.6 is 0 Å². The second kappa shape index (κ2) is 6.91. The van der Waals surface area contributed by atoms with E-state index in [4.69, 9.17) is 5.73 Å². The number of benzene rings is 1. The molecule has 5 rings (SSSR count). The normalized spacial score (nSPS) is 22.0. The first-order valence-corrected chi connectivity index (χ1v) is 9.82. The number of nitrogens with one attached hydrogen (secondary N) is 1. The largest absolute Gasteiger partial charge is 0.391 e. The highest BCUT2D eigenvalue weighted by atomic mass is 16.3. The number of aromatic nitrogens is 3. The summed E-state index contributed by atoms with van der Waals surface area (Å²) in [6.07, 6.45) is 4.57. The van der Waals surface area contributed by atoms with E-state index in [1.165, 1.54) is 18.4 Å². The number of β-amino-alcohol motifs (C(OH)–C–C–N with tert-alkyl or cyclic N) is 1. The Morgan fingerprint density at radius 3 is 2.86 bits per heavy atom. The fourth-order valence-corrected chi connectivity index (χ4v) is 3.98. The van der Waals surface area contributed by atoms with Crippen LogP contribution in [0.3, 0.4) is 0 Å². The van der Waals surface area contributed by atoms with Crippen LogP contribution in [0.5, 0.6) is 0 Å². The zero-order valence-corrected chi connectivity index (χ0v) is 15.6. The molecule has 2 aromatic heterocycles. The number of aliphatic hydroxyl groups excluding tert-OH is 1. The van der Waals surface area contributed by atoms with Gasteiger partial charge in [0.2, 0.25) is 5.95 Å². The van der Waals surface area contributed by atoms with E-state index in [1.54, 1.807) is 0 Å². The first-order valence-electron chi connectivity index (χ1n) is 9.82. The number of nitrogen functional groups attached to an aromatic ring is 1. The molecule has 144 valence electrons. The second-order valence-electron chi connectivity index (χ2n) is 7.81. The molecule has 28 heavy (non-hydrogen) atoms. The minimum absolute atomic E-state index is 0.127. The van der Waals surface area contributed by atoms with Crippen LogP contribution in [0.4, 0.5) is 17.6 Å². The minimum Gasteiger partial charge on any atom is -0.391 e. The summed E-state index contributed by atoms with van der Waals surface area (Å²) >= 11 is 0. The SMILES string of the molecule is Nc1nc(NC2CC2)cc(N2CC(O)C(Cc3ccnc4ccccc34)C2)n1. The van der Waals surface area contributed by atoms with Crippen molar-refractivity contribution in [2.45, 2.75) is 31.4 Å². The first kappa shape index (κ1) is 17.2. The summed E-state index contributed by atoms with van der Waals surface area (Å²) in [6, 6.07) is 12.6. The average Bonchev–Trinajstić information content (AvgIpc) is 3.43. The standard InChI is InChI=1S/C21H24N6O/c22-21-25-19(24-15-5-6-15)10-20(26-21)27-11-14(18(28)12-27)9-13-7-8-23-17-4-2-1-3-16(13)17/h1-4,7-8,10,14-15,18,28H,5-6,9,11-12H2,(H3,22,24,25,26). The lowest BCUT2D eigenvalue weighted by Gasteiger charge is -2.18. The van der Waals surface area contributed by atoms with Crippen molar-refractivity contribution in [3.05, 3.63) is 48.2 Å². The molecule has 1 aliphatic carbocycles. The van der Waals surface area contributed by atoms with Gasteiger partial charge in [-0.1, -0.05) is 18.2 Å². The molecule has 1 aromatic carbocycles. The van der Waals surface area contributed by atoms with Gasteiger partial charge in [-0.2, -0.15) is 9.97 Å². The summed E-state index contributed by atoms with van der Waals surface area (Å²) in [5.41, 5.74) is 8.13. The predicted molar refractivity (Wildman–Crippen MR) is 110 cm³/mol. The third-order valence-corrected chi connectivity index (χ3v) is 5.61. The van der Waals surface area contributed by atoms with E-state index < -0.39 is 6.10 Å². The predicted octanol–water partition coefficient (Wildman–Crippen LogP) is 2.22. The first-order chi connectivity index (χ1) is 13.7. The van der Waals surface area contributed by atoms with E-state index in [2.05, 4.69) is 37.3 Å². The van der Waals surface area contributed by atoms with Crippen LogP contribution < -0.4 is 16.0 Å². The summed E-state index contributed by atoms with van der Waals surface area (Å²) in [5, 5.41) is 15.2. The molecule has 1 aliphatic heterocycles. The van der Waals surface area contributed by atoms with Crippen molar-refractivity contribution in [1.29, 1.82) is 0 Å². The van der Waals surface area contributed by atoms with Crippen molar-refractivity contribution in [3.63, 3.8) is 0 Å². The Balaban J connectivity index is 1.35. The highest BCUT2D eigenvalue weighted by molar-refractivity contribution is 5.81. The summed E-state index contributed by atoms with van der Waals surface area (Å²) in [5.74, 6) is 1.93. The number of hydrogen-bond donors (Lipinski definition) is 3. The monoisotopic (exact) mass is 376 g/mol. The molecule has 7 nitrogen and oxygen atoms in total. The average molecular weight is 376 g/mol. The highest BCUT2D eigenvalue weighted by Gasteiger charge is 2.33. The smallest absolute Gasteiger partial charge is 0.223 e.